The maximum Gasteiger partial charge on any atom is 2.00 e. The van der Waals surface area contributed by atoms with Gasteiger partial charge in [0, 0.05) is 4.88 Å². The fourth-order valence-electron chi connectivity index (χ4n) is 2.74. The molecule has 0 amide bonds. The number of ether oxygens (including phenoxy) is 1. The molecule has 1 nitrogen and oxygen atoms in total. The van der Waals surface area contributed by atoms with Gasteiger partial charge in [-0.3, -0.25) is 11.3 Å². The van der Waals surface area contributed by atoms with Crippen molar-refractivity contribution in [1.29, 1.82) is 0 Å². The zero-order chi connectivity index (χ0) is 17.1. The van der Waals surface area contributed by atoms with E-state index < -0.39 is 0 Å². The van der Waals surface area contributed by atoms with E-state index in [4.69, 9.17) is 4.74 Å². The van der Waals surface area contributed by atoms with E-state index >= 15 is 0 Å². The summed E-state index contributed by atoms with van der Waals surface area (Å²) >= 11 is 3.49. The van der Waals surface area contributed by atoms with Crippen molar-refractivity contribution in [2.75, 3.05) is 6.61 Å². The van der Waals surface area contributed by atoms with Gasteiger partial charge in [0.15, 0.2) is 0 Å². The molecule has 0 aliphatic heterocycles. The van der Waals surface area contributed by atoms with Gasteiger partial charge in [0.1, 0.15) is 5.75 Å². The molecule has 0 atom stereocenters. The van der Waals surface area contributed by atoms with Crippen LogP contribution in [0.3, 0.4) is 0 Å². The summed E-state index contributed by atoms with van der Waals surface area (Å²) in [5.74, 6) is 0.916. The molecule has 2 aromatic heterocycles. The molecule has 4 aromatic rings. The van der Waals surface area contributed by atoms with Crippen molar-refractivity contribution in [3.05, 3.63) is 78.2 Å². The van der Waals surface area contributed by atoms with Gasteiger partial charge in [-0.15, -0.1) is 21.6 Å². The standard InChI is InChI=1S/C22H17OS2.ClH.Zn/c1-2-23-19-11-9-17(10-12-19)16-5-7-18(8-6-16)20-13-14-22(25-20)21-4-3-15-24-21;;/h3-14H,2H2,1H3;1H;/q-1;;+2/p-1. The molecular formula is C22H17ClOS2Zn. The molecule has 2 heterocycles. The summed E-state index contributed by atoms with van der Waals surface area (Å²) in [7, 11) is 0. The molecule has 4 rings (SSSR count). The molecule has 0 bridgehead atoms. The SMILES string of the molecule is CCOc1ccc(-c2ccc(-c3ccc(-c4cc[c-]s4)s3)cc2)cc1.[Cl-].[Zn+2]. The van der Waals surface area contributed by atoms with Crippen molar-refractivity contribution in [2.24, 2.45) is 0 Å². The third-order valence-corrected chi connectivity index (χ3v) is 6.12. The van der Waals surface area contributed by atoms with E-state index in [1.165, 1.54) is 31.3 Å². The normalized spacial score (nSPS) is 9.96. The van der Waals surface area contributed by atoms with Gasteiger partial charge in [-0.25, -0.2) is 0 Å². The average molecular weight is 462 g/mol. The van der Waals surface area contributed by atoms with Crippen LogP contribution >= 0.6 is 22.7 Å². The van der Waals surface area contributed by atoms with Crippen LogP contribution in [0, 0.1) is 5.38 Å². The minimum Gasteiger partial charge on any atom is -1.00 e. The Labute approximate surface area is 187 Å². The number of benzene rings is 2. The minimum atomic E-state index is 0. The van der Waals surface area contributed by atoms with Crippen LogP contribution in [0.2, 0.25) is 0 Å². The molecule has 0 fully saturated rings. The van der Waals surface area contributed by atoms with Gasteiger partial charge in [0.25, 0.3) is 0 Å². The second kappa shape index (κ2) is 10.2. The largest absolute Gasteiger partial charge is 2.00 e. The zero-order valence-corrected chi connectivity index (χ0v) is 20.3. The van der Waals surface area contributed by atoms with E-state index in [0.29, 0.717) is 6.61 Å². The van der Waals surface area contributed by atoms with Crippen LogP contribution in [0.5, 0.6) is 5.75 Å². The summed E-state index contributed by atoms with van der Waals surface area (Å²) < 4.78 is 5.51. The summed E-state index contributed by atoms with van der Waals surface area (Å²) in [6.07, 6.45) is 0. The molecule has 0 unspecified atom stereocenters. The predicted molar refractivity (Wildman–Crippen MR) is 109 cm³/mol. The minimum absolute atomic E-state index is 0. The third kappa shape index (κ3) is 5.09. The Hall–Kier alpha value is -1.45. The van der Waals surface area contributed by atoms with Crippen molar-refractivity contribution in [2.45, 2.75) is 6.92 Å². The Morgan fingerprint density at radius 1 is 0.741 bits per heavy atom. The molecule has 0 spiro atoms. The molecule has 0 radical (unpaired) electrons. The van der Waals surface area contributed by atoms with Gasteiger partial charge in [0.2, 0.25) is 0 Å². The molecule has 5 heteroatoms. The van der Waals surface area contributed by atoms with E-state index in [-0.39, 0.29) is 31.9 Å². The van der Waals surface area contributed by atoms with Gasteiger partial charge < -0.3 is 17.1 Å². The molecular weight excluding hydrogens is 445 g/mol. The number of halogens is 1. The summed E-state index contributed by atoms with van der Waals surface area (Å²) in [5, 5.41) is 3.15. The second-order valence-corrected chi connectivity index (χ2v) is 7.58. The summed E-state index contributed by atoms with van der Waals surface area (Å²) in [5.41, 5.74) is 3.68. The Balaban J connectivity index is 0.00000131. The average Bonchev–Trinajstić information content (AvgIpc) is 3.34. The Bertz CT molecular complexity index is 945. The topological polar surface area (TPSA) is 9.23 Å². The number of rotatable bonds is 5. The smallest absolute Gasteiger partial charge is 1.00 e. The van der Waals surface area contributed by atoms with E-state index in [0.717, 1.165) is 5.75 Å². The van der Waals surface area contributed by atoms with Gasteiger partial charge in [-0.2, -0.15) is 12.1 Å². The van der Waals surface area contributed by atoms with E-state index in [2.05, 4.69) is 60.0 Å². The molecule has 132 valence electrons. The molecule has 0 saturated carbocycles. The number of hydrogen-bond acceptors (Lipinski definition) is 3. The zero-order valence-electron chi connectivity index (χ0n) is 14.9. The van der Waals surface area contributed by atoms with Crippen LogP contribution < -0.4 is 17.1 Å². The van der Waals surface area contributed by atoms with Crippen molar-refractivity contribution in [3.8, 4) is 37.1 Å². The first-order valence-electron chi connectivity index (χ1n) is 8.23. The molecule has 0 N–H and O–H groups in total. The van der Waals surface area contributed by atoms with Gasteiger partial charge >= 0.3 is 19.5 Å². The van der Waals surface area contributed by atoms with E-state index in [1.54, 1.807) is 11.3 Å². The van der Waals surface area contributed by atoms with E-state index in [9.17, 15) is 0 Å². The Morgan fingerprint density at radius 3 is 1.93 bits per heavy atom. The first kappa shape index (κ1) is 21.8. The van der Waals surface area contributed by atoms with Crippen LogP contribution in [-0.2, 0) is 19.5 Å². The van der Waals surface area contributed by atoms with Crippen LogP contribution in [-0.4, -0.2) is 6.61 Å². The Morgan fingerprint density at radius 2 is 1.33 bits per heavy atom. The molecule has 27 heavy (non-hydrogen) atoms. The van der Waals surface area contributed by atoms with Crippen molar-refractivity contribution < 1.29 is 36.6 Å². The maximum absolute atomic E-state index is 5.51. The molecule has 0 aliphatic carbocycles. The van der Waals surface area contributed by atoms with Crippen molar-refractivity contribution in [3.63, 3.8) is 0 Å². The molecule has 2 aromatic carbocycles. The van der Waals surface area contributed by atoms with Crippen molar-refractivity contribution in [1.82, 2.24) is 0 Å². The number of thiophene rings is 2. The Kier molecular flexibility index (Phi) is 8.25. The summed E-state index contributed by atoms with van der Waals surface area (Å²) in [6.45, 7) is 2.69. The van der Waals surface area contributed by atoms with Gasteiger partial charge in [-0.1, -0.05) is 42.5 Å². The molecule has 0 aliphatic rings. The first-order chi connectivity index (χ1) is 12.3. The summed E-state index contributed by atoms with van der Waals surface area (Å²) in [6, 6.07) is 25.5. The first-order valence-corrected chi connectivity index (χ1v) is 9.86. The fraction of sp³-hybridized carbons (Fsp3) is 0.0909. The predicted octanol–water partition coefficient (Wildman–Crippen LogP) is 4.01. The van der Waals surface area contributed by atoms with E-state index in [1.807, 2.05) is 36.5 Å². The van der Waals surface area contributed by atoms with Crippen LogP contribution in [0.15, 0.2) is 72.8 Å². The fourth-order valence-corrected chi connectivity index (χ4v) is 4.49. The van der Waals surface area contributed by atoms with Gasteiger partial charge in [0.05, 0.1) is 6.61 Å². The third-order valence-electron chi connectivity index (χ3n) is 3.99. The van der Waals surface area contributed by atoms with Crippen LogP contribution in [0.4, 0.5) is 0 Å². The number of hydrogen-bond donors (Lipinski definition) is 0. The quantitative estimate of drug-likeness (QED) is 0.322. The molecule has 0 saturated heterocycles. The van der Waals surface area contributed by atoms with Crippen molar-refractivity contribution >= 4 is 22.7 Å². The maximum atomic E-state index is 5.51. The van der Waals surface area contributed by atoms with Gasteiger partial charge in [-0.05, 0) is 46.7 Å². The monoisotopic (exact) mass is 460 g/mol. The van der Waals surface area contributed by atoms with Crippen LogP contribution in [0.1, 0.15) is 6.92 Å². The van der Waals surface area contributed by atoms with Crippen LogP contribution in [0.25, 0.3) is 31.3 Å². The second-order valence-electron chi connectivity index (χ2n) is 5.62. The summed E-state index contributed by atoms with van der Waals surface area (Å²) in [4.78, 5) is 3.88.